The van der Waals surface area contributed by atoms with Gasteiger partial charge in [0.05, 0.1) is 34.8 Å². The lowest BCUT2D eigenvalue weighted by molar-refractivity contribution is 0.0492. The molecule has 4 amide bonds. The van der Waals surface area contributed by atoms with Gasteiger partial charge in [0.25, 0.3) is 23.6 Å². The predicted molar refractivity (Wildman–Crippen MR) is 106 cm³/mol. The maximum atomic E-state index is 12.9. The van der Waals surface area contributed by atoms with Gasteiger partial charge in [-0.2, -0.15) is 0 Å². The van der Waals surface area contributed by atoms with Gasteiger partial charge in [0.1, 0.15) is 0 Å². The second-order valence-corrected chi connectivity index (χ2v) is 7.34. The van der Waals surface area contributed by atoms with Crippen LogP contribution in [0.15, 0.2) is 60.7 Å². The van der Waals surface area contributed by atoms with Crippen LogP contribution < -0.4 is 0 Å². The first-order valence-electron chi connectivity index (χ1n) is 9.33. The van der Waals surface area contributed by atoms with Crippen molar-refractivity contribution in [1.82, 2.24) is 9.80 Å². The fourth-order valence-electron chi connectivity index (χ4n) is 4.10. The molecule has 0 fully saturated rings. The number of imide groups is 2. The molecule has 2 aliphatic heterocycles. The Kier molecular flexibility index (Phi) is 3.64. The van der Waals surface area contributed by atoms with Crippen LogP contribution in [0.3, 0.4) is 0 Å². The van der Waals surface area contributed by atoms with Crippen LogP contribution in [0.5, 0.6) is 0 Å². The highest BCUT2D eigenvalue weighted by atomic mass is 16.2. The average molecular weight is 384 g/mol. The lowest BCUT2D eigenvalue weighted by atomic mass is 10.0. The van der Waals surface area contributed by atoms with Crippen LogP contribution in [0.2, 0.25) is 0 Å². The summed E-state index contributed by atoms with van der Waals surface area (Å²) in [5.74, 6) is -1.61. The second kappa shape index (κ2) is 6.10. The third-order valence-electron chi connectivity index (χ3n) is 5.55. The summed E-state index contributed by atoms with van der Waals surface area (Å²) in [5.41, 5.74) is 1.39. The molecule has 6 heteroatoms. The molecule has 0 N–H and O–H groups in total. The maximum Gasteiger partial charge on any atom is 0.261 e. The van der Waals surface area contributed by atoms with Gasteiger partial charge in [0.2, 0.25) is 0 Å². The molecule has 3 aromatic rings. The highest BCUT2D eigenvalue weighted by molar-refractivity contribution is 6.24. The number of benzene rings is 3. The van der Waals surface area contributed by atoms with E-state index >= 15 is 0 Å². The molecule has 3 aromatic carbocycles. The number of carbonyl (C=O) groups is 4. The van der Waals surface area contributed by atoms with Crippen molar-refractivity contribution in [3.63, 3.8) is 0 Å². The summed E-state index contributed by atoms with van der Waals surface area (Å²) in [7, 11) is 0. The minimum Gasteiger partial charge on any atom is -0.272 e. The quantitative estimate of drug-likeness (QED) is 0.651. The Morgan fingerprint density at radius 1 is 0.655 bits per heavy atom. The zero-order valence-corrected chi connectivity index (χ0v) is 15.6. The van der Waals surface area contributed by atoms with Crippen molar-refractivity contribution >= 4 is 34.4 Å². The smallest absolute Gasteiger partial charge is 0.261 e. The minimum atomic E-state index is -0.640. The molecule has 0 unspecified atom stereocenters. The zero-order valence-electron chi connectivity index (χ0n) is 15.6. The zero-order chi connectivity index (χ0) is 20.3. The molecule has 0 aromatic heterocycles. The molecular weight excluding hydrogens is 368 g/mol. The van der Waals surface area contributed by atoms with Gasteiger partial charge in [-0.25, -0.2) is 0 Å². The fourth-order valence-corrected chi connectivity index (χ4v) is 4.10. The standard InChI is InChI=1S/C23H16N2O4/c1-13(25-22(28)16-8-4-5-9-17(16)23(25)29)12-24-20(26)18-10-14-6-2-3-7-15(14)11-19(18)21(24)27/h2-11,13H,12H2,1H3/t13-/m1/s1. The maximum absolute atomic E-state index is 12.9. The minimum absolute atomic E-state index is 0.0475. The Labute approximate surface area is 166 Å². The summed E-state index contributed by atoms with van der Waals surface area (Å²) in [4.78, 5) is 53.4. The Morgan fingerprint density at radius 2 is 1.10 bits per heavy atom. The molecule has 0 saturated carbocycles. The number of amides is 4. The monoisotopic (exact) mass is 384 g/mol. The molecule has 0 spiro atoms. The van der Waals surface area contributed by atoms with Crippen LogP contribution in [0.25, 0.3) is 10.8 Å². The molecule has 0 radical (unpaired) electrons. The van der Waals surface area contributed by atoms with Crippen molar-refractivity contribution in [3.8, 4) is 0 Å². The summed E-state index contributed by atoms with van der Waals surface area (Å²) in [5, 5.41) is 1.75. The lowest BCUT2D eigenvalue weighted by Crippen LogP contribution is -2.46. The number of hydrogen-bond acceptors (Lipinski definition) is 4. The molecule has 0 bridgehead atoms. The van der Waals surface area contributed by atoms with E-state index in [1.54, 1.807) is 43.3 Å². The van der Waals surface area contributed by atoms with Crippen LogP contribution in [-0.2, 0) is 0 Å². The fraction of sp³-hybridized carbons (Fsp3) is 0.130. The average Bonchev–Trinajstić information content (AvgIpc) is 3.12. The van der Waals surface area contributed by atoms with E-state index in [0.29, 0.717) is 22.3 Å². The van der Waals surface area contributed by atoms with E-state index in [-0.39, 0.29) is 6.54 Å². The van der Waals surface area contributed by atoms with Crippen molar-refractivity contribution < 1.29 is 19.2 Å². The van der Waals surface area contributed by atoms with Gasteiger partial charge in [-0.1, -0.05) is 36.4 Å². The normalized spacial score (nSPS) is 16.6. The third-order valence-corrected chi connectivity index (χ3v) is 5.55. The number of rotatable bonds is 3. The summed E-state index contributed by atoms with van der Waals surface area (Å²) < 4.78 is 0. The Hall–Kier alpha value is -3.80. The molecule has 142 valence electrons. The van der Waals surface area contributed by atoms with E-state index in [1.807, 2.05) is 24.3 Å². The SMILES string of the molecule is C[C@H](CN1C(=O)c2cc3ccccc3cc2C1=O)N1C(=O)c2ccccc2C1=O. The predicted octanol–water partition coefficient (Wildman–Crippen LogP) is 3.12. The Balaban J connectivity index is 1.44. The van der Waals surface area contributed by atoms with Crippen molar-refractivity contribution in [2.75, 3.05) is 6.54 Å². The van der Waals surface area contributed by atoms with Crippen LogP contribution in [0, 0.1) is 0 Å². The van der Waals surface area contributed by atoms with Crippen molar-refractivity contribution in [3.05, 3.63) is 82.9 Å². The third kappa shape index (κ3) is 2.42. The van der Waals surface area contributed by atoms with E-state index in [2.05, 4.69) is 0 Å². The molecule has 1 atom stereocenters. The van der Waals surface area contributed by atoms with Gasteiger partial charge in [0, 0.05) is 0 Å². The molecule has 5 rings (SSSR count). The van der Waals surface area contributed by atoms with E-state index in [1.165, 1.54) is 0 Å². The van der Waals surface area contributed by atoms with Crippen molar-refractivity contribution in [2.24, 2.45) is 0 Å². The highest BCUT2D eigenvalue weighted by Gasteiger charge is 2.42. The van der Waals surface area contributed by atoms with Gasteiger partial charge >= 0.3 is 0 Å². The van der Waals surface area contributed by atoms with Crippen molar-refractivity contribution in [1.29, 1.82) is 0 Å². The summed E-state index contributed by atoms with van der Waals surface area (Å²) in [6.07, 6.45) is 0. The van der Waals surface area contributed by atoms with Crippen LogP contribution >= 0.6 is 0 Å². The van der Waals surface area contributed by atoms with E-state index in [0.717, 1.165) is 20.6 Å². The van der Waals surface area contributed by atoms with Gasteiger partial charge in [-0.15, -0.1) is 0 Å². The molecular formula is C23H16N2O4. The first-order chi connectivity index (χ1) is 14.0. The second-order valence-electron chi connectivity index (χ2n) is 7.34. The summed E-state index contributed by atoms with van der Waals surface area (Å²) in [6, 6.07) is 16.9. The first kappa shape index (κ1) is 17.3. The largest absolute Gasteiger partial charge is 0.272 e. The van der Waals surface area contributed by atoms with E-state index < -0.39 is 29.7 Å². The van der Waals surface area contributed by atoms with E-state index in [9.17, 15) is 19.2 Å². The number of nitrogens with zero attached hydrogens (tertiary/aromatic N) is 2. The van der Waals surface area contributed by atoms with Gasteiger partial charge < -0.3 is 0 Å². The Morgan fingerprint density at radius 3 is 1.59 bits per heavy atom. The van der Waals surface area contributed by atoms with Crippen LogP contribution in [0.1, 0.15) is 48.4 Å². The lowest BCUT2D eigenvalue weighted by Gasteiger charge is -2.26. The van der Waals surface area contributed by atoms with Crippen molar-refractivity contribution in [2.45, 2.75) is 13.0 Å². The molecule has 29 heavy (non-hydrogen) atoms. The molecule has 2 aliphatic rings. The van der Waals surface area contributed by atoms with Gasteiger partial charge in [-0.3, -0.25) is 29.0 Å². The first-order valence-corrected chi connectivity index (χ1v) is 9.33. The van der Waals surface area contributed by atoms with Gasteiger partial charge in [-0.05, 0) is 42.0 Å². The summed E-state index contributed by atoms with van der Waals surface area (Å²) >= 11 is 0. The Bertz CT molecular complexity index is 1160. The van der Waals surface area contributed by atoms with E-state index in [4.69, 9.17) is 0 Å². The number of carbonyl (C=O) groups excluding carboxylic acids is 4. The van der Waals surface area contributed by atoms with Crippen LogP contribution in [-0.4, -0.2) is 46.0 Å². The number of fused-ring (bicyclic) bond motifs is 3. The van der Waals surface area contributed by atoms with Crippen LogP contribution in [0.4, 0.5) is 0 Å². The molecule has 6 nitrogen and oxygen atoms in total. The topological polar surface area (TPSA) is 74.8 Å². The summed E-state index contributed by atoms with van der Waals surface area (Å²) in [6.45, 7) is 1.62. The number of hydrogen-bond donors (Lipinski definition) is 0. The van der Waals surface area contributed by atoms with Gasteiger partial charge in [0.15, 0.2) is 0 Å². The highest BCUT2D eigenvalue weighted by Crippen LogP contribution is 2.30. The molecule has 2 heterocycles. The molecule has 0 aliphatic carbocycles. The molecule has 0 saturated heterocycles.